The fourth-order valence-corrected chi connectivity index (χ4v) is 2.32. The van der Waals surface area contributed by atoms with Crippen molar-refractivity contribution in [2.75, 3.05) is 6.61 Å². The number of hydrogen-bond acceptors (Lipinski definition) is 3. The number of ether oxygens (including phenoxy) is 1. The Hall–Kier alpha value is -0.860. The summed E-state index contributed by atoms with van der Waals surface area (Å²) >= 11 is 0. The van der Waals surface area contributed by atoms with Crippen LogP contribution in [0.5, 0.6) is 0 Å². The van der Waals surface area contributed by atoms with E-state index in [9.17, 15) is 9.59 Å². The fourth-order valence-electron chi connectivity index (χ4n) is 2.32. The smallest absolute Gasteiger partial charge is 0.309 e. The Morgan fingerprint density at radius 2 is 2.00 bits per heavy atom. The largest absolute Gasteiger partial charge is 0.465 e. The van der Waals surface area contributed by atoms with Crippen LogP contribution in [0.1, 0.15) is 26.7 Å². The molecule has 2 rings (SSSR count). The van der Waals surface area contributed by atoms with Crippen molar-refractivity contribution in [1.29, 1.82) is 0 Å². The van der Waals surface area contributed by atoms with E-state index in [1.807, 2.05) is 13.8 Å². The summed E-state index contributed by atoms with van der Waals surface area (Å²) in [5.74, 6) is -0.129. The van der Waals surface area contributed by atoms with Crippen molar-refractivity contribution in [3.05, 3.63) is 0 Å². The predicted molar refractivity (Wildman–Crippen MR) is 46.0 cm³/mol. The highest BCUT2D eigenvalue weighted by Gasteiger charge is 2.52. The van der Waals surface area contributed by atoms with E-state index in [0.29, 0.717) is 6.61 Å². The summed E-state index contributed by atoms with van der Waals surface area (Å²) in [7, 11) is 0. The first kappa shape index (κ1) is 8.73. The zero-order valence-electron chi connectivity index (χ0n) is 8.00. The molecule has 1 saturated heterocycles. The number of rotatable bonds is 1. The summed E-state index contributed by atoms with van der Waals surface area (Å²) in [5, 5.41) is 0. The minimum Gasteiger partial charge on any atom is -0.465 e. The normalized spacial score (nSPS) is 37.1. The lowest BCUT2D eigenvalue weighted by atomic mass is 9.59. The summed E-state index contributed by atoms with van der Waals surface area (Å²) < 4.78 is 4.85. The zero-order valence-corrected chi connectivity index (χ0v) is 8.00. The van der Waals surface area contributed by atoms with Crippen LogP contribution in [0.3, 0.4) is 0 Å². The molecule has 0 aromatic heterocycles. The molecule has 3 nitrogen and oxygen atoms in total. The Labute approximate surface area is 77.4 Å². The molecule has 0 aromatic carbocycles. The van der Waals surface area contributed by atoms with Gasteiger partial charge in [-0.05, 0) is 12.8 Å². The summed E-state index contributed by atoms with van der Waals surface area (Å²) in [6, 6.07) is 0. The van der Waals surface area contributed by atoms with Gasteiger partial charge in [-0.3, -0.25) is 9.59 Å². The van der Waals surface area contributed by atoms with Crippen LogP contribution in [-0.2, 0) is 14.3 Å². The first-order valence-corrected chi connectivity index (χ1v) is 4.73. The van der Waals surface area contributed by atoms with Crippen LogP contribution in [0.4, 0.5) is 0 Å². The molecule has 2 fully saturated rings. The van der Waals surface area contributed by atoms with E-state index in [1.54, 1.807) is 0 Å². The molecule has 72 valence electrons. The summed E-state index contributed by atoms with van der Waals surface area (Å²) in [4.78, 5) is 22.8. The van der Waals surface area contributed by atoms with E-state index in [1.165, 1.54) is 0 Å². The molecule has 13 heavy (non-hydrogen) atoms. The summed E-state index contributed by atoms with van der Waals surface area (Å²) in [6.45, 7) is 4.37. The lowest BCUT2D eigenvalue weighted by molar-refractivity contribution is -0.155. The maximum Gasteiger partial charge on any atom is 0.309 e. The molecule has 0 aromatic rings. The van der Waals surface area contributed by atoms with Crippen LogP contribution < -0.4 is 0 Å². The highest BCUT2D eigenvalue weighted by molar-refractivity contribution is 5.95. The molecule has 1 saturated carbocycles. The molecule has 0 amide bonds. The van der Waals surface area contributed by atoms with Crippen LogP contribution in [0.2, 0.25) is 0 Å². The molecule has 1 aliphatic carbocycles. The highest BCUT2D eigenvalue weighted by Crippen LogP contribution is 2.46. The van der Waals surface area contributed by atoms with Gasteiger partial charge in [-0.2, -0.15) is 0 Å². The topological polar surface area (TPSA) is 43.4 Å². The van der Waals surface area contributed by atoms with E-state index < -0.39 is 0 Å². The van der Waals surface area contributed by atoms with Gasteiger partial charge in [-0.25, -0.2) is 0 Å². The number of cyclic esters (lactones) is 1. The summed E-state index contributed by atoms with van der Waals surface area (Å²) in [6.07, 6.45) is 1.57. The van der Waals surface area contributed by atoms with Crippen molar-refractivity contribution in [2.45, 2.75) is 26.7 Å². The summed E-state index contributed by atoms with van der Waals surface area (Å²) in [5.41, 5.74) is -0.201. The second-order valence-electron chi connectivity index (χ2n) is 4.62. The molecule has 0 N–H and O–H groups in total. The van der Waals surface area contributed by atoms with Crippen molar-refractivity contribution in [3.8, 4) is 0 Å². The van der Waals surface area contributed by atoms with E-state index in [0.717, 1.165) is 12.8 Å². The van der Waals surface area contributed by atoms with Gasteiger partial charge in [0.1, 0.15) is 5.78 Å². The average Bonchev–Trinajstić information content (AvgIpc) is 2.47. The van der Waals surface area contributed by atoms with Crippen molar-refractivity contribution >= 4 is 11.8 Å². The number of carbonyl (C=O) groups is 2. The molecule has 3 heteroatoms. The third-order valence-electron chi connectivity index (χ3n) is 3.20. The molecular formula is C10H14O3. The minimum atomic E-state index is -0.201. The van der Waals surface area contributed by atoms with E-state index in [-0.39, 0.29) is 29.0 Å². The molecule has 0 unspecified atom stereocenters. The van der Waals surface area contributed by atoms with Gasteiger partial charge < -0.3 is 4.74 Å². The minimum absolute atomic E-state index is 0.0509. The molecule has 0 bridgehead atoms. The Bertz CT molecular complexity index is 267. The first-order valence-electron chi connectivity index (χ1n) is 4.73. The molecule has 0 radical (unpaired) electrons. The van der Waals surface area contributed by atoms with Crippen molar-refractivity contribution in [3.63, 3.8) is 0 Å². The maximum absolute atomic E-state index is 11.6. The van der Waals surface area contributed by atoms with Gasteiger partial charge in [-0.1, -0.05) is 13.8 Å². The van der Waals surface area contributed by atoms with Crippen molar-refractivity contribution in [2.24, 2.45) is 17.3 Å². The van der Waals surface area contributed by atoms with Crippen LogP contribution in [0, 0.1) is 17.3 Å². The molecule has 1 aliphatic heterocycles. The van der Waals surface area contributed by atoms with Gasteiger partial charge in [0.2, 0.25) is 0 Å². The highest BCUT2D eigenvalue weighted by atomic mass is 16.5. The maximum atomic E-state index is 11.6. The Kier molecular flexibility index (Phi) is 1.72. The molecule has 2 aliphatic rings. The lowest BCUT2D eigenvalue weighted by Gasteiger charge is -2.42. The Morgan fingerprint density at radius 1 is 1.31 bits per heavy atom. The third kappa shape index (κ3) is 1.18. The van der Waals surface area contributed by atoms with Gasteiger partial charge in [-0.15, -0.1) is 0 Å². The van der Waals surface area contributed by atoms with Gasteiger partial charge in [0, 0.05) is 11.3 Å². The number of ketones is 1. The van der Waals surface area contributed by atoms with Crippen molar-refractivity contribution in [1.82, 2.24) is 0 Å². The quantitative estimate of drug-likeness (QED) is 0.571. The molecule has 2 atom stereocenters. The van der Waals surface area contributed by atoms with E-state index >= 15 is 0 Å². The molecule has 0 spiro atoms. The van der Waals surface area contributed by atoms with Gasteiger partial charge in [0.15, 0.2) is 0 Å². The van der Waals surface area contributed by atoms with Crippen LogP contribution in [-0.4, -0.2) is 18.4 Å². The Morgan fingerprint density at radius 3 is 2.38 bits per heavy atom. The van der Waals surface area contributed by atoms with Gasteiger partial charge in [0.25, 0.3) is 0 Å². The van der Waals surface area contributed by atoms with Crippen LogP contribution >= 0.6 is 0 Å². The number of hydrogen-bond donors (Lipinski definition) is 0. The third-order valence-corrected chi connectivity index (χ3v) is 3.20. The molecule has 1 heterocycles. The number of carbonyl (C=O) groups excluding carboxylic acids is 2. The zero-order chi connectivity index (χ0) is 9.64. The monoisotopic (exact) mass is 182 g/mol. The number of esters is 1. The first-order chi connectivity index (χ1) is 6.02. The lowest BCUT2D eigenvalue weighted by Crippen LogP contribution is -2.48. The SMILES string of the molecule is CC1(C)C[C@H]([C@@H]2CCOC2=O)C1=O. The van der Waals surface area contributed by atoms with E-state index in [2.05, 4.69) is 0 Å². The second-order valence-corrected chi connectivity index (χ2v) is 4.62. The van der Waals surface area contributed by atoms with Crippen LogP contribution in [0.15, 0.2) is 0 Å². The standard InChI is InChI=1S/C10H14O3/c1-10(2)5-7(8(10)11)6-3-4-13-9(6)12/h6-7H,3-5H2,1-2H3/t6-,7+/m0/s1. The fraction of sp³-hybridized carbons (Fsp3) is 0.800. The van der Waals surface area contributed by atoms with Crippen molar-refractivity contribution < 1.29 is 14.3 Å². The van der Waals surface area contributed by atoms with Crippen LogP contribution in [0.25, 0.3) is 0 Å². The number of Topliss-reactive ketones (excluding diaryl/α,β-unsaturated/α-hetero) is 1. The average molecular weight is 182 g/mol. The van der Waals surface area contributed by atoms with Gasteiger partial charge >= 0.3 is 5.97 Å². The predicted octanol–water partition coefficient (Wildman–Crippen LogP) is 1.16. The molecular weight excluding hydrogens is 168 g/mol. The van der Waals surface area contributed by atoms with Gasteiger partial charge in [0.05, 0.1) is 12.5 Å². The second kappa shape index (κ2) is 2.56. The Balaban J connectivity index is 2.05. The van der Waals surface area contributed by atoms with E-state index in [4.69, 9.17) is 4.74 Å².